The van der Waals surface area contributed by atoms with Crippen molar-refractivity contribution >= 4 is 12.1 Å². The van der Waals surface area contributed by atoms with Crippen molar-refractivity contribution in [2.75, 3.05) is 13.2 Å². The topological polar surface area (TPSA) is 121 Å². The molecule has 10 heteroatoms. The summed E-state index contributed by atoms with van der Waals surface area (Å²) in [5.74, 6) is 0.609. The lowest BCUT2D eigenvalue weighted by atomic mass is 9.93. The molecule has 26 heavy (non-hydrogen) atoms. The van der Waals surface area contributed by atoms with Gasteiger partial charge in [0.05, 0.1) is 11.9 Å². The molecule has 0 saturated carbocycles. The summed E-state index contributed by atoms with van der Waals surface area (Å²) >= 11 is 0. The summed E-state index contributed by atoms with van der Waals surface area (Å²) < 4.78 is 15.7. The van der Waals surface area contributed by atoms with Crippen LogP contribution < -0.4 is 0 Å². The summed E-state index contributed by atoms with van der Waals surface area (Å²) in [6.07, 6.45) is 8.85. The summed E-state index contributed by atoms with van der Waals surface area (Å²) in [5, 5.41) is 10.9. The van der Waals surface area contributed by atoms with E-state index in [0.717, 1.165) is 13.0 Å². The van der Waals surface area contributed by atoms with Gasteiger partial charge in [-0.1, -0.05) is 11.2 Å². The van der Waals surface area contributed by atoms with Crippen molar-refractivity contribution in [1.29, 1.82) is 0 Å². The van der Waals surface area contributed by atoms with Crippen LogP contribution in [0.2, 0.25) is 0 Å². The quantitative estimate of drug-likeness (QED) is 0.695. The molecule has 2 aliphatic rings. The van der Waals surface area contributed by atoms with Gasteiger partial charge in [-0.15, -0.1) is 5.10 Å². The van der Waals surface area contributed by atoms with E-state index in [-0.39, 0.29) is 6.61 Å². The van der Waals surface area contributed by atoms with Crippen LogP contribution >= 0.6 is 0 Å². The highest BCUT2D eigenvalue weighted by atomic mass is 16.6. The third-order valence-electron chi connectivity index (χ3n) is 3.69. The van der Waals surface area contributed by atoms with Gasteiger partial charge in [0.2, 0.25) is 0 Å². The first-order valence-electron chi connectivity index (χ1n) is 7.84. The second-order valence-electron chi connectivity index (χ2n) is 5.32. The molecule has 0 saturated heterocycles. The Balaban J connectivity index is 0.000000292. The molecule has 3 aromatic rings. The maximum absolute atomic E-state index is 5.64. The Morgan fingerprint density at radius 2 is 2.08 bits per heavy atom. The largest absolute Gasteiger partial charge is 0.471 e. The number of aromatic nitrogens is 4. The Morgan fingerprint density at radius 3 is 2.69 bits per heavy atom. The predicted molar refractivity (Wildman–Crippen MR) is 87.4 cm³/mol. The molecule has 0 bridgehead atoms. The van der Waals surface area contributed by atoms with Crippen molar-refractivity contribution in [3.8, 4) is 0 Å². The van der Waals surface area contributed by atoms with Gasteiger partial charge in [-0.05, 0) is 12.1 Å². The molecule has 5 heterocycles. The van der Waals surface area contributed by atoms with Crippen LogP contribution in [0.4, 0.5) is 0 Å². The van der Waals surface area contributed by atoms with Crippen molar-refractivity contribution in [3.63, 3.8) is 0 Å². The summed E-state index contributed by atoms with van der Waals surface area (Å²) in [7, 11) is 0. The van der Waals surface area contributed by atoms with Gasteiger partial charge in [-0.2, -0.15) is 0 Å². The lowest BCUT2D eigenvalue weighted by molar-refractivity contribution is 0.174. The van der Waals surface area contributed by atoms with Crippen molar-refractivity contribution < 1.29 is 18.5 Å². The van der Waals surface area contributed by atoms with E-state index in [1.54, 1.807) is 12.4 Å². The Bertz CT molecular complexity index is 873. The molecule has 0 radical (unpaired) electrons. The fourth-order valence-electron chi connectivity index (χ4n) is 2.46. The molecule has 2 aliphatic heterocycles. The van der Waals surface area contributed by atoms with Gasteiger partial charge >= 0.3 is 0 Å². The van der Waals surface area contributed by atoms with Crippen molar-refractivity contribution in [2.24, 2.45) is 10.1 Å². The van der Waals surface area contributed by atoms with Gasteiger partial charge in [0.15, 0.2) is 11.8 Å². The molecule has 132 valence electrons. The highest BCUT2D eigenvalue weighted by molar-refractivity contribution is 5.91. The summed E-state index contributed by atoms with van der Waals surface area (Å²) in [6, 6.07) is 5.54. The van der Waals surface area contributed by atoms with Crippen LogP contribution in [-0.2, 0) is 15.1 Å². The highest BCUT2D eigenvalue weighted by Crippen LogP contribution is 2.36. The van der Waals surface area contributed by atoms with Crippen molar-refractivity contribution in [3.05, 3.63) is 60.4 Å². The first-order valence-corrected chi connectivity index (χ1v) is 7.84. The summed E-state index contributed by atoms with van der Waals surface area (Å²) in [4.78, 5) is 17.5. The highest BCUT2D eigenvalue weighted by Gasteiger charge is 2.45. The predicted octanol–water partition coefficient (Wildman–Crippen LogP) is 1.57. The van der Waals surface area contributed by atoms with Gasteiger partial charge < -0.3 is 18.5 Å². The van der Waals surface area contributed by atoms with Crippen LogP contribution in [0.5, 0.6) is 0 Å². The fraction of sp³-hybridized carbons (Fsp3) is 0.250. The molecule has 5 rings (SSSR count). The molecule has 0 aliphatic carbocycles. The van der Waals surface area contributed by atoms with Crippen LogP contribution in [0.15, 0.2) is 62.2 Å². The van der Waals surface area contributed by atoms with E-state index in [0.29, 0.717) is 23.2 Å². The zero-order valence-electron chi connectivity index (χ0n) is 13.6. The summed E-state index contributed by atoms with van der Waals surface area (Å²) in [5.41, 5.74) is 0.287. The van der Waals surface area contributed by atoms with Crippen LogP contribution in [0, 0.1) is 0 Å². The standard InChI is InChI=1S/C13H9N5O3.C3H5NO/c1-2-4-14-9(3-1)13(10-7-21-18-17-10)8-20-12(16-13)11-15-5-6-19-11;1-2-4-5-3-1/h1-7H,8H2;2H,1,3H2. The summed E-state index contributed by atoms with van der Waals surface area (Å²) in [6.45, 7) is 0.996. The minimum Gasteiger partial charge on any atom is -0.471 e. The Kier molecular flexibility index (Phi) is 4.37. The molecule has 0 amide bonds. The lowest BCUT2D eigenvalue weighted by Gasteiger charge is -2.19. The molecule has 0 spiro atoms. The van der Waals surface area contributed by atoms with Crippen LogP contribution in [0.3, 0.4) is 0 Å². The van der Waals surface area contributed by atoms with E-state index in [9.17, 15) is 0 Å². The maximum Gasteiger partial charge on any atom is 0.282 e. The lowest BCUT2D eigenvalue weighted by Crippen LogP contribution is -2.28. The van der Waals surface area contributed by atoms with Crippen molar-refractivity contribution in [2.45, 2.75) is 12.0 Å². The first kappa shape index (κ1) is 15.9. The number of ether oxygens (including phenoxy) is 1. The number of hydrogen-bond donors (Lipinski definition) is 0. The number of aliphatic imine (C=N–C) groups is 1. The van der Waals surface area contributed by atoms with E-state index in [4.69, 9.17) is 13.7 Å². The van der Waals surface area contributed by atoms with Gasteiger partial charge in [0.25, 0.3) is 11.8 Å². The van der Waals surface area contributed by atoms with Gasteiger partial charge in [0, 0.05) is 24.1 Å². The van der Waals surface area contributed by atoms with Gasteiger partial charge in [0.1, 0.15) is 25.2 Å². The van der Waals surface area contributed by atoms with Gasteiger partial charge in [-0.25, -0.2) is 9.98 Å². The zero-order valence-corrected chi connectivity index (χ0v) is 13.6. The number of rotatable bonds is 3. The molecular formula is C16H14N6O4. The molecule has 0 fully saturated rings. The van der Waals surface area contributed by atoms with E-state index >= 15 is 0 Å². The Labute approximate surface area is 147 Å². The Hall–Kier alpha value is -3.56. The zero-order chi connectivity index (χ0) is 17.7. The van der Waals surface area contributed by atoms with Crippen LogP contribution in [0.25, 0.3) is 0 Å². The maximum atomic E-state index is 5.64. The third kappa shape index (κ3) is 3.04. The molecular weight excluding hydrogens is 340 g/mol. The second-order valence-corrected chi connectivity index (χ2v) is 5.32. The fourth-order valence-corrected chi connectivity index (χ4v) is 2.46. The van der Waals surface area contributed by atoms with Crippen LogP contribution in [-0.4, -0.2) is 45.7 Å². The number of oxime groups is 1. The van der Waals surface area contributed by atoms with Gasteiger partial charge in [-0.3, -0.25) is 4.98 Å². The third-order valence-corrected chi connectivity index (χ3v) is 3.69. The average Bonchev–Trinajstić information content (AvgIpc) is 3.51. The van der Waals surface area contributed by atoms with E-state index in [2.05, 4.69) is 35.3 Å². The average molecular weight is 354 g/mol. The van der Waals surface area contributed by atoms with E-state index < -0.39 is 5.54 Å². The van der Waals surface area contributed by atoms with Crippen molar-refractivity contribution in [1.82, 2.24) is 20.3 Å². The monoisotopic (exact) mass is 354 g/mol. The number of hydrogen-bond acceptors (Lipinski definition) is 10. The molecule has 10 nitrogen and oxygen atoms in total. The number of nitrogens with zero attached hydrogens (tertiary/aromatic N) is 6. The normalized spacial score (nSPS) is 20.7. The molecule has 3 aromatic heterocycles. The minimum atomic E-state index is -0.912. The molecule has 0 N–H and O–H groups in total. The Morgan fingerprint density at radius 1 is 1.08 bits per heavy atom. The number of oxazole rings is 1. The minimum absolute atomic E-state index is 0.218. The van der Waals surface area contributed by atoms with Crippen LogP contribution in [0.1, 0.15) is 23.7 Å². The smallest absolute Gasteiger partial charge is 0.282 e. The SMILES string of the molecule is C1=NOCC1.c1ccc(C2(c3conn3)COC(c3ncco3)=N2)nc1. The second kappa shape index (κ2) is 7.13. The van der Waals surface area contributed by atoms with E-state index in [1.807, 2.05) is 18.2 Å². The first-order chi connectivity index (χ1) is 12.9. The van der Waals surface area contributed by atoms with E-state index in [1.165, 1.54) is 18.7 Å². The number of pyridine rings is 1. The molecule has 1 unspecified atom stereocenters. The molecule has 1 atom stereocenters. The molecule has 0 aromatic carbocycles.